The first-order valence-electron chi connectivity index (χ1n) is 9.10. The Morgan fingerprint density at radius 3 is 2.58 bits per heavy atom. The lowest BCUT2D eigenvalue weighted by molar-refractivity contribution is -0.00479. The van der Waals surface area contributed by atoms with E-state index in [0.29, 0.717) is 5.02 Å². The molecule has 0 aliphatic rings. The minimum absolute atomic E-state index is 0.0868. The van der Waals surface area contributed by atoms with Gasteiger partial charge >= 0.3 is 0 Å². The molecule has 2 unspecified atom stereocenters. The van der Waals surface area contributed by atoms with Crippen molar-refractivity contribution in [3.05, 3.63) is 83.9 Å². The van der Waals surface area contributed by atoms with Crippen LogP contribution < -0.4 is 0 Å². The molecule has 2 atom stereocenters. The molecule has 3 aromatic rings. The number of hydrogen-bond donors (Lipinski definition) is 1. The Balaban J connectivity index is 2.33. The van der Waals surface area contributed by atoms with Gasteiger partial charge in [0.1, 0.15) is 0 Å². The molecule has 0 saturated carbocycles. The molecule has 0 spiro atoms. The van der Waals surface area contributed by atoms with Crippen LogP contribution in [0.25, 0.3) is 21.9 Å². The molecule has 2 heteroatoms. The lowest BCUT2D eigenvalue weighted by atomic mass is 9.75. The van der Waals surface area contributed by atoms with E-state index in [0.717, 1.165) is 40.3 Å². The third-order valence-electron chi connectivity index (χ3n) is 5.31. The van der Waals surface area contributed by atoms with Gasteiger partial charge in [-0.15, -0.1) is 6.58 Å². The zero-order chi connectivity index (χ0) is 18.7. The smallest absolute Gasteiger partial charge is 0.0911 e. The quantitative estimate of drug-likeness (QED) is 0.468. The number of rotatable bonds is 6. The SMILES string of the molecule is C=CCC(CC)C(C)(O)c1c(-c2cccc(Cl)c2)ccc2ccccc12. The van der Waals surface area contributed by atoms with Gasteiger partial charge in [0.15, 0.2) is 0 Å². The van der Waals surface area contributed by atoms with Crippen LogP contribution in [-0.4, -0.2) is 5.11 Å². The maximum atomic E-state index is 11.7. The van der Waals surface area contributed by atoms with E-state index in [1.807, 2.05) is 49.4 Å². The number of benzene rings is 3. The van der Waals surface area contributed by atoms with Crippen LogP contribution >= 0.6 is 11.6 Å². The summed E-state index contributed by atoms with van der Waals surface area (Å²) in [4.78, 5) is 0. The molecule has 0 saturated heterocycles. The van der Waals surface area contributed by atoms with Crippen molar-refractivity contribution in [2.24, 2.45) is 5.92 Å². The zero-order valence-corrected chi connectivity index (χ0v) is 16.1. The van der Waals surface area contributed by atoms with Crippen LogP contribution in [0.2, 0.25) is 5.02 Å². The molecular formula is C24H25ClO. The van der Waals surface area contributed by atoms with E-state index in [-0.39, 0.29) is 5.92 Å². The number of halogens is 1. The highest BCUT2D eigenvalue weighted by atomic mass is 35.5. The Kier molecular flexibility index (Phi) is 5.50. The molecule has 0 aromatic heterocycles. The maximum absolute atomic E-state index is 11.7. The molecule has 0 heterocycles. The minimum Gasteiger partial charge on any atom is -0.385 e. The van der Waals surface area contributed by atoms with Gasteiger partial charge in [0, 0.05) is 5.02 Å². The topological polar surface area (TPSA) is 20.2 Å². The molecule has 0 aliphatic heterocycles. The van der Waals surface area contributed by atoms with Crippen LogP contribution in [0.15, 0.2) is 73.3 Å². The van der Waals surface area contributed by atoms with Gasteiger partial charge in [0.05, 0.1) is 5.60 Å². The number of fused-ring (bicyclic) bond motifs is 1. The fourth-order valence-electron chi connectivity index (χ4n) is 3.91. The molecule has 0 amide bonds. The Labute approximate surface area is 160 Å². The van der Waals surface area contributed by atoms with Crippen molar-refractivity contribution in [1.29, 1.82) is 0 Å². The molecule has 0 radical (unpaired) electrons. The van der Waals surface area contributed by atoms with Gasteiger partial charge < -0.3 is 5.11 Å². The molecule has 3 aromatic carbocycles. The summed E-state index contributed by atoms with van der Waals surface area (Å²) in [7, 11) is 0. The van der Waals surface area contributed by atoms with Crippen molar-refractivity contribution in [2.45, 2.75) is 32.3 Å². The summed E-state index contributed by atoms with van der Waals surface area (Å²) in [5, 5.41) is 14.6. The van der Waals surface area contributed by atoms with Crippen LogP contribution in [-0.2, 0) is 5.60 Å². The first kappa shape index (κ1) is 18.7. The number of aliphatic hydroxyl groups is 1. The second-order valence-corrected chi connectivity index (χ2v) is 7.43. The van der Waals surface area contributed by atoms with Gasteiger partial charge in [0.25, 0.3) is 0 Å². The lowest BCUT2D eigenvalue weighted by Crippen LogP contribution is -2.32. The fraction of sp³-hybridized carbons (Fsp3) is 0.250. The second-order valence-electron chi connectivity index (χ2n) is 7.00. The predicted octanol–water partition coefficient (Wildman–Crippen LogP) is 6.97. The van der Waals surface area contributed by atoms with Gasteiger partial charge in [-0.25, -0.2) is 0 Å². The Morgan fingerprint density at radius 2 is 1.88 bits per heavy atom. The summed E-state index contributed by atoms with van der Waals surface area (Å²) >= 11 is 6.24. The largest absolute Gasteiger partial charge is 0.385 e. The van der Waals surface area contributed by atoms with Crippen LogP contribution in [0, 0.1) is 5.92 Å². The summed E-state index contributed by atoms with van der Waals surface area (Å²) in [6.45, 7) is 7.93. The van der Waals surface area contributed by atoms with E-state index in [9.17, 15) is 5.11 Å². The number of hydrogen-bond acceptors (Lipinski definition) is 1. The highest BCUT2D eigenvalue weighted by molar-refractivity contribution is 6.30. The first-order chi connectivity index (χ1) is 12.5. The molecule has 0 fully saturated rings. The molecule has 26 heavy (non-hydrogen) atoms. The predicted molar refractivity (Wildman–Crippen MR) is 113 cm³/mol. The molecule has 1 N–H and O–H groups in total. The average Bonchev–Trinajstić information content (AvgIpc) is 2.64. The lowest BCUT2D eigenvalue weighted by Gasteiger charge is -2.35. The summed E-state index contributed by atoms with van der Waals surface area (Å²) < 4.78 is 0. The normalized spacial score (nSPS) is 14.8. The van der Waals surface area contributed by atoms with Crippen LogP contribution in [0.5, 0.6) is 0 Å². The monoisotopic (exact) mass is 364 g/mol. The fourth-order valence-corrected chi connectivity index (χ4v) is 4.10. The Bertz CT molecular complexity index is 926. The van der Waals surface area contributed by atoms with Gasteiger partial charge in [-0.05, 0) is 65.3 Å². The van der Waals surface area contributed by atoms with Crippen LogP contribution in [0.3, 0.4) is 0 Å². The van der Waals surface area contributed by atoms with Crippen LogP contribution in [0.4, 0.5) is 0 Å². The molecule has 1 nitrogen and oxygen atoms in total. The third-order valence-corrected chi connectivity index (χ3v) is 5.54. The summed E-state index contributed by atoms with van der Waals surface area (Å²) in [6, 6.07) is 20.3. The van der Waals surface area contributed by atoms with Gasteiger partial charge in [-0.2, -0.15) is 0 Å². The van der Waals surface area contributed by atoms with E-state index >= 15 is 0 Å². The molecule has 0 bridgehead atoms. The van der Waals surface area contributed by atoms with Crippen molar-refractivity contribution >= 4 is 22.4 Å². The summed E-state index contributed by atoms with van der Waals surface area (Å²) in [6.07, 6.45) is 3.53. The highest BCUT2D eigenvalue weighted by Crippen LogP contribution is 2.43. The van der Waals surface area contributed by atoms with E-state index in [4.69, 9.17) is 11.6 Å². The van der Waals surface area contributed by atoms with E-state index < -0.39 is 5.60 Å². The van der Waals surface area contributed by atoms with E-state index in [1.54, 1.807) is 0 Å². The highest BCUT2D eigenvalue weighted by Gasteiger charge is 2.35. The van der Waals surface area contributed by atoms with Gasteiger partial charge in [-0.3, -0.25) is 0 Å². The van der Waals surface area contributed by atoms with Crippen LogP contribution in [0.1, 0.15) is 32.3 Å². The van der Waals surface area contributed by atoms with Crippen molar-refractivity contribution in [2.75, 3.05) is 0 Å². The van der Waals surface area contributed by atoms with E-state index in [1.165, 1.54) is 0 Å². The Morgan fingerprint density at radius 1 is 1.12 bits per heavy atom. The van der Waals surface area contributed by atoms with Crippen molar-refractivity contribution in [3.63, 3.8) is 0 Å². The van der Waals surface area contributed by atoms with Gasteiger partial charge in [0.2, 0.25) is 0 Å². The minimum atomic E-state index is -0.985. The summed E-state index contributed by atoms with van der Waals surface area (Å²) in [5.41, 5.74) is 2.03. The molecule has 3 rings (SSSR count). The first-order valence-corrected chi connectivity index (χ1v) is 9.48. The average molecular weight is 365 g/mol. The van der Waals surface area contributed by atoms with Crippen molar-refractivity contribution < 1.29 is 5.11 Å². The number of allylic oxidation sites excluding steroid dienone is 1. The standard InChI is InChI=1S/C24H25ClO/c1-4-9-19(5-2)24(3,26)23-21-13-7-6-10-17(21)14-15-22(23)18-11-8-12-20(25)16-18/h4,6-8,10-16,19,26H,1,5,9H2,2-3H3. The van der Waals surface area contributed by atoms with Crippen molar-refractivity contribution in [1.82, 2.24) is 0 Å². The summed E-state index contributed by atoms with van der Waals surface area (Å²) in [5.74, 6) is 0.0868. The molecule has 0 aliphatic carbocycles. The van der Waals surface area contributed by atoms with Gasteiger partial charge in [-0.1, -0.05) is 73.1 Å². The molecule has 134 valence electrons. The maximum Gasteiger partial charge on any atom is 0.0911 e. The van der Waals surface area contributed by atoms with Crippen molar-refractivity contribution in [3.8, 4) is 11.1 Å². The van der Waals surface area contributed by atoms with E-state index in [2.05, 4.69) is 37.8 Å². The second kappa shape index (κ2) is 7.65. The third kappa shape index (κ3) is 3.42. The molecular weight excluding hydrogens is 340 g/mol. The Hall–Kier alpha value is -2.09. The zero-order valence-electron chi connectivity index (χ0n) is 15.4.